The third kappa shape index (κ3) is 5.24. The Morgan fingerprint density at radius 1 is 1.21 bits per heavy atom. The van der Waals surface area contributed by atoms with E-state index in [2.05, 4.69) is 20.5 Å². The minimum absolute atomic E-state index is 0.127. The van der Waals surface area contributed by atoms with Gasteiger partial charge >= 0.3 is 0 Å². The predicted molar refractivity (Wildman–Crippen MR) is 96.0 cm³/mol. The van der Waals surface area contributed by atoms with E-state index in [-0.39, 0.29) is 5.91 Å². The molecule has 0 aliphatic heterocycles. The number of methoxy groups -OCH3 is 1. The molecule has 1 amide bonds. The van der Waals surface area contributed by atoms with E-state index >= 15 is 0 Å². The number of aromatic nitrogens is 1. The second-order valence-corrected chi connectivity index (χ2v) is 5.67. The normalized spacial score (nSPS) is 10.5. The molecule has 1 aromatic heterocycles. The maximum absolute atomic E-state index is 12.4. The Kier molecular flexibility index (Phi) is 6.57. The number of rotatable bonds is 8. The van der Waals surface area contributed by atoms with E-state index in [0.29, 0.717) is 17.9 Å². The number of anilines is 2. The van der Waals surface area contributed by atoms with Crippen LogP contribution in [-0.2, 0) is 0 Å². The fraction of sp³-hybridized carbons (Fsp3) is 0.333. The number of benzene rings is 1. The summed E-state index contributed by atoms with van der Waals surface area (Å²) in [6.45, 7) is 1.57. The van der Waals surface area contributed by atoms with Crippen molar-refractivity contribution in [2.75, 3.05) is 39.6 Å². The zero-order valence-electron chi connectivity index (χ0n) is 14.4. The van der Waals surface area contributed by atoms with E-state index < -0.39 is 0 Å². The van der Waals surface area contributed by atoms with Crippen molar-refractivity contribution in [2.45, 2.75) is 6.42 Å². The van der Waals surface area contributed by atoms with E-state index in [9.17, 15) is 4.79 Å². The lowest BCUT2D eigenvalue weighted by Gasteiger charge is -2.12. The van der Waals surface area contributed by atoms with E-state index in [1.54, 1.807) is 25.4 Å². The number of nitrogens with one attached hydrogen (secondary N) is 2. The van der Waals surface area contributed by atoms with E-state index in [0.717, 1.165) is 24.4 Å². The van der Waals surface area contributed by atoms with Crippen LogP contribution >= 0.6 is 0 Å². The van der Waals surface area contributed by atoms with Gasteiger partial charge in [-0.3, -0.25) is 4.79 Å². The smallest absolute Gasteiger partial charge is 0.255 e. The number of nitrogens with zero attached hydrogens (tertiary/aromatic N) is 2. The van der Waals surface area contributed by atoms with Gasteiger partial charge in [0.15, 0.2) is 0 Å². The molecule has 6 heteroatoms. The molecule has 0 saturated heterocycles. The molecule has 6 nitrogen and oxygen atoms in total. The van der Waals surface area contributed by atoms with Crippen LogP contribution in [-0.4, -0.2) is 50.1 Å². The number of amides is 1. The molecule has 2 N–H and O–H groups in total. The van der Waals surface area contributed by atoms with Gasteiger partial charge in [0.05, 0.1) is 12.7 Å². The molecule has 0 aliphatic carbocycles. The van der Waals surface area contributed by atoms with E-state index in [1.807, 2.05) is 38.4 Å². The number of carbonyl (C=O) groups is 1. The Morgan fingerprint density at radius 2 is 1.96 bits per heavy atom. The molecule has 0 saturated carbocycles. The Morgan fingerprint density at radius 3 is 2.62 bits per heavy atom. The zero-order chi connectivity index (χ0) is 17.4. The number of ether oxygens (including phenoxy) is 1. The van der Waals surface area contributed by atoms with Crippen molar-refractivity contribution in [3.8, 4) is 5.75 Å². The highest BCUT2D eigenvalue weighted by atomic mass is 16.5. The lowest BCUT2D eigenvalue weighted by atomic mass is 10.2. The van der Waals surface area contributed by atoms with Gasteiger partial charge in [0.1, 0.15) is 11.6 Å². The maximum Gasteiger partial charge on any atom is 0.255 e. The van der Waals surface area contributed by atoms with Crippen molar-refractivity contribution < 1.29 is 9.53 Å². The lowest BCUT2D eigenvalue weighted by molar-refractivity contribution is 0.0953. The molecule has 1 aromatic carbocycles. The van der Waals surface area contributed by atoms with Crippen molar-refractivity contribution in [1.82, 2.24) is 15.2 Å². The molecule has 2 rings (SSSR count). The summed E-state index contributed by atoms with van der Waals surface area (Å²) in [6, 6.07) is 11.0. The van der Waals surface area contributed by atoms with Crippen LogP contribution in [0.25, 0.3) is 0 Å². The van der Waals surface area contributed by atoms with Crippen molar-refractivity contribution in [1.29, 1.82) is 0 Å². The highest BCUT2D eigenvalue weighted by Crippen LogP contribution is 2.21. The standard InChI is InChI=1S/C18H24N4O2/c1-22(2)13-5-12-20-18(23)16-6-4-11-19-17(16)21-14-7-9-15(24-3)10-8-14/h4,6-11H,5,12-13H2,1-3H3,(H,19,21)(H,20,23). The molecule has 24 heavy (non-hydrogen) atoms. The van der Waals surface area contributed by atoms with Gasteiger partial charge < -0.3 is 20.3 Å². The van der Waals surface area contributed by atoms with Crippen molar-refractivity contribution >= 4 is 17.4 Å². The zero-order valence-corrected chi connectivity index (χ0v) is 14.4. The number of hydrogen-bond acceptors (Lipinski definition) is 5. The van der Waals surface area contributed by atoms with Gasteiger partial charge in [-0.2, -0.15) is 0 Å². The highest BCUT2D eigenvalue weighted by molar-refractivity contribution is 5.99. The first kappa shape index (κ1) is 17.7. The predicted octanol–water partition coefficient (Wildman–Crippen LogP) is 2.52. The minimum Gasteiger partial charge on any atom is -0.497 e. The molecule has 0 spiro atoms. The molecular formula is C18H24N4O2. The molecule has 0 bridgehead atoms. The first-order valence-corrected chi connectivity index (χ1v) is 7.89. The fourth-order valence-corrected chi connectivity index (χ4v) is 2.19. The summed E-state index contributed by atoms with van der Waals surface area (Å²) in [7, 11) is 5.65. The molecule has 0 atom stereocenters. The summed E-state index contributed by atoms with van der Waals surface area (Å²) in [6.07, 6.45) is 2.56. The molecule has 0 aliphatic rings. The maximum atomic E-state index is 12.4. The summed E-state index contributed by atoms with van der Waals surface area (Å²) in [4.78, 5) is 18.7. The average molecular weight is 328 g/mol. The van der Waals surface area contributed by atoms with Crippen LogP contribution in [0.3, 0.4) is 0 Å². The first-order chi connectivity index (χ1) is 11.6. The van der Waals surface area contributed by atoms with E-state index in [1.165, 1.54) is 0 Å². The topological polar surface area (TPSA) is 66.5 Å². The highest BCUT2D eigenvalue weighted by Gasteiger charge is 2.12. The first-order valence-electron chi connectivity index (χ1n) is 7.89. The molecule has 128 valence electrons. The quantitative estimate of drug-likeness (QED) is 0.729. The van der Waals surface area contributed by atoms with E-state index in [4.69, 9.17) is 4.74 Å². The van der Waals surface area contributed by atoms with Crippen molar-refractivity contribution in [3.05, 3.63) is 48.2 Å². The Bertz CT molecular complexity index is 656. The van der Waals surface area contributed by atoms with Crippen LogP contribution in [0.4, 0.5) is 11.5 Å². The van der Waals surface area contributed by atoms with Crippen molar-refractivity contribution in [2.24, 2.45) is 0 Å². The number of carbonyl (C=O) groups excluding carboxylic acids is 1. The summed E-state index contributed by atoms with van der Waals surface area (Å²) in [5.41, 5.74) is 1.37. The monoisotopic (exact) mass is 328 g/mol. The van der Waals surface area contributed by atoms with Gasteiger partial charge in [0.25, 0.3) is 5.91 Å². The third-order valence-electron chi connectivity index (χ3n) is 3.47. The van der Waals surface area contributed by atoms with Crippen LogP contribution in [0.1, 0.15) is 16.8 Å². The second-order valence-electron chi connectivity index (χ2n) is 5.67. The minimum atomic E-state index is -0.127. The van der Waals surface area contributed by atoms with Gasteiger partial charge in [-0.1, -0.05) is 0 Å². The second kappa shape index (κ2) is 8.88. The summed E-state index contributed by atoms with van der Waals surface area (Å²) < 4.78 is 5.14. The van der Waals surface area contributed by atoms with Crippen LogP contribution in [0.5, 0.6) is 5.75 Å². The van der Waals surface area contributed by atoms with Gasteiger partial charge in [0.2, 0.25) is 0 Å². The Labute approximate surface area is 142 Å². The fourth-order valence-electron chi connectivity index (χ4n) is 2.19. The SMILES string of the molecule is COc1ccc(Nc2ncccc2C(=O)NCCCN(C)C)cc1. The summed E-state index contributed by atoms with van der Waals surface area (Å²) in [5.74, 6) is 1.19. The van der Waals surface area contributed by atoms with Gasteiger partial charge in [-0.05, 0) is 63.5 Å². The molecule has 2 aromatic rings. The van der Waals surface area contributed by atoms with Crippen LogP contribution in [0.15, 0.2) is 42.6 Å². The third-order valence-corrected chi connectivity index (χ3v) is 3.47. The van der Waals surface area contributed by atoms with Crippen LogP contribution in [0, 0.1) is 0 Å². The molecule has 0 fully saturated rings. The molecule has 0 unspecified atom stereocenters. The average Bonchev–Trinajstić information content (AvgIpc) is 2.59. The Hall–Kier alpha value is -2.60. The largest absolute Gasteiger partial charge is 0.497 e. The van der Waals surface area contributed by atoms with Gasteiger partial charge in [-0.15, -0.1) is 0 Å². The van der Waals surface area contributed by atoms with Crippen LogP contribution < -0.4 is 15.4 Å². The van der Waals surface area contributed by atoms with Crippen molar-refractivity contribution in [3.63, 3.8) is 0 Å². The summed E-state index contributed by atoms with van der Waals surface area (Å²) in [5, 5.41) is 6.11. The number of pyridine rings is 1. The van der Waals surface area contributed by atoms with Gasteiger partial charge in [0, 0.05) is 18.4 Å². The van der Waals surface area contributed by atoms with Gasteiger partial charge in [-0.25, -0.2) is 4.98 Å². The number of hydrogen-bond donors (Lipinski definition) is 2. The molecular weight excluding hydrogens is 304 g/mol. The Balaban J connectivity index is 2.01. The molecule has 0 radical (unpaired) electrons. The van der Waals surface area contributed by atoms with Crippen LogP contribution in [0.2, 0.25) is 0 Å². The summed E-state index contributed by atoms with van der Waals surface area (Å²) >= 11 is 0. The lowest BCUT2D eigenvalue weighted by Crippen LogP contribution is -2.27. The molecule has 1 heterocycles.